The molecule has 0 aliphatic carbocycles. The van der Waals surface area contributed by atoms with E-state index in [2.05, 4.69) is 0 Å². The van der Waals surface area contributed by atoms with Crippen LogP contribution in [-0.4, -0.2) is 23.4 Å². The first-order valence-electron chi connectivity index (χ1n) is 22.5. The highest BCUT2D eigenvalue weighted by Gasteiger charge is 2.47. The van der Waals surface area contributed by atoms with Crippen molar-refractivity contribution >= 4 is 50.8 Å². The Kier molecular flexibility index (Phi) is 17.2. The number of para-hydroxylation sites is 1. The minimum absolute atomic E-state index is 0.00845. The molecule has 0 atom stereocenters. The summed E-state index contributed by atoms with van der Waals surface area (Å²) in [7, 11) is 0. The predicted molar refractivity (Wildman–Crippen MR) is 246 cm³/mol. The zero-order valence-electron chi connectivity index (χ0n) is 40.1. The van der Waals surface area contributed by atoms with Gasteiger partial charge in [-0.25, -0.2) is 0 Å². The van der Waals surface area contributed by atoms with Gasteiger partial charge in [0.2, 0.25) is 30.1 Å². The van der Waals surface area contributed by atoms with Gasteiger partial charge in [-0.1, -0.05) is 91.0 Å². The minimum atomic E-state index is -6.13. The molecule has 1 aromatic heterocycles. The van der Waals surface area contributed by atoms with Gasteiger partial charge >= 0.3 is 49.4 Å². The van der Waals surface area contributed by atoms with Gasteiger partial charge in [0.05, 0.1) is 44.5 Å². The highest BCUT2D eigenvalue weighted by Crippen LogP contribution is 2.41. The zero-order chi connectivity index (χ0) is 61.6. The summed E-state index contributed by atoms with van der Waals surface area (Å²) in [4.78, 5) is 22.8. The lowest BCUT2D eigenvalue weighted by Crippen LogP contribution is -2.75. The van der Waals surface area contributed by atoms with Gasteiger partial charge in [0.25, 0.3) is 0 Å². The van der Waals surface area contributed by atoms with E-state index in [1.165, 1.54) is 6.08 Å². The Balaban J connectivity index is 0.000000357. The number of pyridine rings is 1. The Bertz CT molecular complexity index is 3100. The first-order chi connectivity index (χ1) is 37.4. The zero-order valence-corrected chi connectivity index (χ0v) is 40.1. The smallest absolute Gasteiger partial charge is 0.287 e. The molecule has 30 heteroatoms. The maximum Gasteiger partial charge on any atom is 0.416 e. The van der Waals surface area contributed by atoms with Crippen LogP contribution in [0, 0.1) is 10.1 Å². The van der Waals surface area contributed by atoms with Crippen LogP contribution in [0.15, 0.2) is 146 Å². The number of ketones is 1. The lowest BCUT2D eigenvalue weighted by atomic mass is 9.12. The van der Waals surface area contributed by atoms with E-state index in [0.717, 1.165) is 16.6 Å². The van der Waals surface area contributed by atoms with Crippen LogP contribution in [0.5, 0.6) is 0 Å². The van der Waals surface area contributed by atoms with Crippen LogP contribution in [-0.2, 0) is 56.0 Å². The quantitative estimate of drug-likeness (QED) is 0.0342. The average molecular weight is 1200 g/mol. The Hall–Kier alpha value is -8.08. The van der Waals surface area contributed by atoms with Crippen LogP contribution >= 0.6 is 0 Å². The fourth-order valence-corrected chi connectivity index (χ4v) is 8.79. The van der Waals surface area contributed by atoms with Crippen LogP contribution < -0.4 is 26.4 Å². The molecule has 0 aliphatic heterocycles. The van der Waals surface area contributed by atoms with Crippen LogP contribution in [0.2, 0.25) is 0 Å². The molecule has 0 amide bonds. The monoisotopic (exact) mass is 1200 g/mol. The Morgan fingerprint density at radius 3 is 1.00 bits per heavy atom. The predicted octanol–water partition coefficient (Wildman–Crippen LogP) is 14.5. The van der Waals surface area contributed by atoms with Gasteiger partial charge in [-0.15, -0.1) is 0 Å². The lowest BCUT2D eigenvalue weighted by molar-refractivity contribution is -0.658. The normalized spacial score (nSPS) is 13.3. The second-order valence-electron chi connectivity index (χ2n) is 17.8. The van der Waals surface area contributed by atoms with Crippen molar-refractivity contribution < 1.29 is 120 Å². The minimum Gasteiger partial charge on any atom is -0.287 e. The molecular formula is C52H29BF24N2O3. The maximum atomic E-state index is 14.2. The molecule has 5 nitrogen and oxygen atoms in total. The van der Waals surface area contributed by atoms with E-state index < -0.39 is 200 Å². The van der Waals surface area contributed by atoms with Gasteiger partial charge in [0.15, 0.2) is 0 Å². The van der Waals surface area contributed by atoms with Gasteiger partial charge in [0.1, 0.15) is 6.15 Å². The Labute approximate surface area is 443 Å². The molecule has 7 aromatic rings. The summed E-state index contributed by atoms with van der Waals surface area (Å²) in [6.45, 7) is -0.0804. The van der Waals surface area contributed by atoms with E-state index in [9.17, 15) is 120 Å². The highest BCUT2D eigenvalue weighted by molar-refractivity contribution is 7.20. The molecule has 82 heavy (non-hydrogen) atoms. The van der Waals surface area contributed by atoms with Crippen molar-refractivity contribution in [3.05, 3.63) is 211 Å². The fraction of sp³-hybridized carbons (Fsp3) is 0.192. The van der Waals surface area contributed by atoms with Gasteiger partial charge in [-0.05, 0) is 42.5 Å². The largest absolute Gasteiger partial charge is 0.416 e. The number of benzene rings is 6. The number of hydrogen-bond acceptors (Lipinski definition) is 3. The van der Waals surface area contributed by atoms with Gasteiger partial charge in [-0.2, -0.15) is 132 Å². The number of halogens is 24. The van der Waals surface area contributed by atoms with E-state index in [4.69, 9.17) is 0 Å². The SMILES string of the molecule is FC(F)(F)c1cc([B-](c2cc(C(F)(F)F)cc(C(F)(F)F)c2)(c2cc(C(F)(F)F)cc(C(F)(F)F)c2)c2cc(C(F)(F)F)cc(C(F)(F)F)c2)cc(C(F)(F)F)c1.O=C(C[n+]1c(C=CC[N+](=O)[O-])ccc2ccccc21)c1ccccc1. The van der Waals surface area contributed by atoms with Gasteiger partial charge in [-0.3, -0.25) is 14.9 Å². The van der Waals surface area contributed by atoms with Crippen LogP contribution in [0.25, 0.3) is 17.0 Å². The summed E-state index contributed by atoms with van der Waals surface area (Å²) in [5.74, 6) is -0.00845. The maximum absolute atomic E-state index is 14.2. The van der Waals surface area contributed by atoms with Crippen molar-refractivity contribution in [2.75, 3.05) is 6.54 Å². The third-order valence-corrected chi connectivity index (χ3v) is 12.4. The second-order valence-corrected chi connectivity index (χ2v) is 17.8. The van der Waals surface area contributed by atoms with Crippen molar-refractivity contribution in [1.82, 2.24) is 0 Å². The Morgan fingerprint density at radius 1 is 0.415 bits per heavy atom. The number of hydrogen-bond donors (Lipinski definition) is 0. The second kappa shape index (κ2) is 22.3. The molecule has 0 saturated heterocycles. The van der Waals surface area contributed by atoms with E-state index in [1.54, 1.807) is 18.2 Å². The molecule has 0 spiro atoms. The number of fused-ring (bicyclic) bond motifs is 1. The van der Waals surface area contributed by atoms with Crippen molar-refractivity contribution in [3.8, 4) is 0 Å². The number of Topliss-reactive ketones (excluding diaryl/α,β-unsaturated/α-hetero) is 1. The first kappa shape index (κ1) is 63.1. The molecule has 6 aromatic carbocycles. The van der Waals surface area contributed by atoms with Crippen molar-refractivity contribution in [2.24, 2.45) is 0 Å². The van der Waals surface area contributed by atoms with Crippen molar-refractivity contribution in [1.29, 1.82) is 0 Å². The molecule has 0 aliphatic rings. The standard InChI is InChI=1S/C32H12BF24.C20H17N2O3/c34-25(35,36)13-1-14(26(37,38)39)6-21(5-13)33(22-7-15(27(40,41)42)2-16(8-22)28(43,44)45,23-9-17(29(46,47)48)3-18(10-23)30(49,50)51)24-11-19(31(52,53)54)4-20(12-24)32(55,56)57;23-20(17-8-2-1-3-9-17)15-21-18(10-6-14-22(24)25)13-12-16-7-4-5-11-19(16)21/h1-12H;1-13H,14-15H2/q-1;+1. The summed E-state index contributed by atoms with van der Waals surface area (Å²) >= 11 is 0. The molecule has 1 heterocycles. The van der Waals surface area contributed by atoms with Gasteiger partial charge in [0, 0.05) is 34.1 Å². The van der Waals surface area contributed by atoms with E-state index in [-0.39, 0.29) is 18.9 Å². The summed E-state index contributed by atoms with van der Waals surface area (Å²) in [5, 5.41) is 11.6. The number of rotatable bonds is 10. The fourth-order valence-electron chi connectivity index (χ4n) is 8.79. The van der Waals surface area contributed by atoms with Gasteiger partial charge < -0.3 is 0 Å². The summed E-state index contributed by atoms with van der Waals surface area (Å²) in [6, 6.07) is 11.9. The Morgan fingerprint density at radius 2 is 0.707 bits per heavy atom. The van der Waals surface area contributed by atoms with Crippen molar-refractivity contribution in [2.45, 2.75) is 56.0 Å². The number of nitro groups is 1. The molecule has 0 N–H and O–H groups in total. The summed E-state index contributed by atoms with van der Waals surface area (Å²) in [5.41, 5.74) is -27.9. The van der Waals surface area contributed by atoms with Crippen molar-refractivity contribution in [3.63, 3.8) is 0 Å². The first-order valence-corrected chi connectivity index (χ1v) is 22.5. The molecule has 436 valence electrons. The molecule has 7 rings (SSSR count). The number of alkyl halides is 24. The number of carbonyl (C=O) groups is 1. The molecule has 0 bridgehead atoms. The van der Waals surface area contributed by atoms with E-state index in [1.807, 2.05) is 59.2 Å². The topological polar surface area (TPSA) is 64.1 Å². The van der Waals surface area contributed by atoms with E-state index >= 15 is 0 Å². The number of carbonyl (C=O) groups excluding carboxylic acids is 1. The van der Waals surface area contributed by atoms with Crippen LogP contribution in [0.4, 0.5) is 105 Å². The van der Waals surface area contributed by atoms with Crippen LogP contribution in [0.3, 0.4) is 0 Å². The molecule has 0 saturated carbocycles. The lowest BCUT2D eigenvalue weighted by Gasteiger charge is -2.46. The molecule has 0 fully saturated rings. The number of nitrogens with zero attached hydrogens (tertiary/aromatic N) is 2. The van der Waals surface area contributed by atoms with E-state index in [0.29, 0.717) is 5.56 Å². The average Bonchev–Trinajstić information content (AvgIpc) is 1.15. The summed E-state index contributed by atoms with van der Waals surface area (Å²) in [6.07, 6.45) is -51.6. The molecular weight excluding hydrogens is 1170 g/mol. The highest BCUT2D eigenvalue weighted by atomic mass is 19.4. The molecule has 0 radical (unpaired) electrons. The third kappa shape index (κ3) is 14.5. The molecule has 0 unspecified atom stereocenters. The third-order valence-electron chi connectivity index (χ3n) is 12.4. The van der Waals surface area contributed by atoms with Crippen LogP contribution in [0.1, 0.15) is 60.6 Å². The number of aromatic nitrogens is 1. The summed E-state index contributed by atoms with van der Waals surface area (Å²) < 4.78 is 343.